The summed E-state index contributed by atoms with van der Waals surface area (Å²) in [6.07, 6.45) is 6.31. The molecule has 130 valence electrons. The first-order chi connectivity index (χ1) is 10.6. The molecule has 4 nitrogen and oxygen atoms in total. The van der Waals surface area contributed by atoms with Gasteiger partial charge in [-0.1, -0.05) is 31.4 Å². The van der Waals surface area contributed by atoms with Gasteiger partial charge in [0.2, 0.25) is 10.0 Å². The van der Waals surface area contributed by atoms with E-state index in [1.807, 2.05) is 0 Å². The molecule has 1 aliphatic carbocycles. The summed E-state index contributed by atoms with van der Waals surface area (Å²) >= 11 is 0. The third kappa shape index (κ3) is 4.05. The fourth-order valence-corrected chi connectivity index (χ4v) is 5.04. The van der Waals surface area contributed by atoms with Crippen molar-refractivity contribution in [2.75, 3.05) is 26.2 Å². The Labute approximate surface area is 144 Å². The van der Waals surface area contributed by atoms with E-state index in [2.05, 4.69) is 4.90 Å². The van der Waals surface area contributed by atoms with Crippen LogP contribution in [0, 0.1) is 5.82 Å². The molecule has 2 fully saturated rings. The minimum absolute atomic E-state index is 0. The van der Waals surface area contributed by atoms with Gasteiger partial charge in [0.15, 0.2) is 0 Å². The van der Waals surface area contributed by atoms with Gasteiger partial charge in [-0.25, -0.2) is 12.8 Å². The molecule has 1 aromatic carbocycles. The van der Waals surface area contributed by atoms with E-state index in [0.717, 1.165) is 13.1 Å². The van der Waals surface area contributed by atoms with Crippen LogP contribution in [0.25, 0.3) is 0 Å². The summed E-state index contributed by atoms with van der Waals surface area (Å²) in [6.45, 7) is 2.40. The Morgan fingerprint density at radius 1 is 0.957 bits per heavy atom. The molecule has 1 heterocycles. The average Bonchev–Trinajstić information content (AvgIpc) is 2.56. The van der Waals surface area contributed by atoms with Gasteiger partial charge in [0.05, 0.1) is 0 Å². The van der Waals surface area contributed by atoms with Crippen molar-refractivity contribution in [2.24, 2.45) is 0 Å². The van der Waals surface area contributed by atoms with Crippen molar-refractivity contribution in [1.82, 2.24) is 9.21 Å². The van der Waals surface area contributed by atoms with Crippen molar-refractivity contribution in [1.29, 1.82) is 0 Å². The van der Waals surface area contributed by atoms with Crippen LogP contribution in [0.15, 0.2) is 29.2 Å². The molecule has 1 aliphatic heterocycles. The molecule has 1 saturated carbocycles. The Bertz CT molecular complexity index is 612. The second-order valence-corrected chi connectivity index (χ2v) is 8.07. The van der Waals surface area contributed by atoms with Crippen LogP contribution in [0.4, 0.5) is 4.39 Å². The molecule has 0 atom stereocenters. The minimum atomic E-state index is -3.72. The van der Waals surface area contributed by atoms with Crippen LogP contribution in [0.3, 0.4) is 0 Å². The van der Waals surface area contributed by atoms with Gasteiger partial charge >= 0.3 is 0 Å². The van der Waals surface area contributed by atoms with Gasteiger partial charge in [0.1, 0.15) is 10.7 Å². The number of halogens is 2. The van der Waals surface area contributed by atoms with E-state index < -0.39 is 15.8 Å². The molecule has 23 heavy (non-hydrogen) atoms. The highest BCUT2D eigenvalue weighted by atomic mass is 35.5. The molecule has 3 rings (SSSR count). The fraction of sp³-hybridized carbons (Fsp3) is 0.625. The minimum Gasteiger partial charge on any atom is -0.298 e. The van der Waals surface area contributed by atoms with Gasteiger partial charge in [0.25, 0.3) is 0 Å². The number of benzene rings is 1. The molecule has 0 unspecified atom stereocenters. The SMILES string of the molecule is Cl.O=S(=O)(c1ccccc1F)N1CCN(C2CCCCC2)CC1. The monoisotopic (exact) mass is 362 g/mol. The first-order valence-corrected chi connectivity index (χ1v) is 9.52. The van der Waals surface area contributed by atoms with Crippen molar-refractivity contribution in [3.05, 3.63) is 30.1 Å². The summed E-state index contributed by atoms with van der Waals surface area (Å²) in [7, 11) is -3.72. The van der Waals surface area contributed by atoms with Crippen molar-refractivity contribution >= 4 is 22.4 Å². The maximum Gasteiger partial charge on any atom is 0.246 e. The van der Waals surface area contributed by atoms with Crippen LogP contribution in [0.2, 0.25) is 0 Å². The normalized spacial score (nSPS) is 21.8. The quantitative estimate of drug-likeness (QED) is 0.830. The Morgan fingerprint density at radius 3 is 2.17 bits per heavy atom. The van der Waals surface area contributed by atoms with Crippen LogP contribution in [-0.2, 0) is 10.0 Å². The standard InChI is InChI=1S/C16H23FN2O2S.ClH/c17-15-8-4-5-9-16(15)22(20,21)19-12-10-18(11-13-19)14-6-2-1-3-7-14;/h4-5,8-9,14H,1-3,6-7,10-13H2;1H. The van der Waals surface area contributed by atoms with Gasteiger partial charge in [-0.05, 0) is 25.0 Å². The van der Waals surface area contributed by atoms with Gasteiger partial charge in [-0.15, -0.1) is 12.4 Å². The fourth-order valence-electron chi connectivity index (χ4n) is 3.55. The molecule has 1 saturated heterocycles. The summed E-state index contributed by atoms with van der Waals surface area (Å²) in [5.41, 5.74) is 0. The average molecular weight is 363 g/mol. The van der Waals surface area contributed by atoms with Crippen LogP contribution in [0.5, 0.6) is 0 Å². The lowest BCUT2D eigenvalue weighted by Gasteiger charge is -2.40. The van der Waals surface area contributed by atoms with Crippen molar-refractivity contribution in [3.8, 4) is 0 Å². The molecule has 0 aromatic heterocycles. The summed E-state index contributed by atoms with van der Waals surface area (Å²) in [5, 5.41) is 0. The number of rotatable bonds is 3. The number of piperazine rings is 1. The summed E-state index contributed by atoms with van der Waals surface area (Å²) < 4.78 is 40.3. The van der Waals surface area contributed by atoms with E-state index >= 15 is 0 Å². The maximum atomic E-state index is 13.8. The van der Waals surface area contributed by atoms with Gasteiger partial charge in [-0.3, -0.25) is 4.90 Å². The van der Waals surface area contributed by atoms with E-state index in [4.69, 9.17) is 0 Å². The molecular formula is C16H24ClFN2O2S. The molecular weight excluding hydrogens is 339 g/mol. The number of hydrogen-bond acceptors (Lipinski definition) is 3. The van der Waals surface area contributed by atoms with Crippen LogP contribution < -0.4 is 0 Å². The second-order valence-electron chi connectivity index (χ2n) is 6.16. The molecule has 0 spiro atoms. The first kappa shape index (κ1) is 18.6. The first-order valence-electron chi connectivity index (χ1n) is 8.08. The van der Waals surface area contributed by atoms with Gasteiger partial charge < -0.3 is 0 Å². The van der Waals surface area contributed by atoms with Crippen LogP contribution in [-0.4, -0.2) is 49.8 Å². The molecule has 7 heteroatoms. The van der Waals surface area contributed by atoms with Crippen molar-refractivity contribution in [3.63, 3.8) is 0 Å². The van der Waals surface area contributed by atoms with Gasteiger partial charge in [-0.2, -0.15) is 4.31 Å². The highest BCUT2D eigenvalue weighted by Crippen LogP contribution is 2.25. The highest BCUT2D eigenvalue weighted by molar-refractivity contribution is 7.89. The van der Waals surface area contributed by atoms with E-state index in [9.17, 15) is 12.8 Å². The van der Waals surface area contributed by atoms with Crippen LogP contribution in [0.1, 0.15) is 32.1 Å². The Morgan fingerprint density at radius 2 is 1.57 bits per heavy atom. The smallest absolute Gasteiger partial charge is 0.246 e. The zero-order valence-electron chi connectivity index (χ0n) is 13.2. The number of hydrogen-bond donors (Lipinski definition) is 0. The third-order valence-electron chi connectivity index (χ3n) is 4.82. The summed E-state index contributed by atoms with van der Waals surface area (Å²) in [5.74, 6) is -0.669. The van der Waals surface area contributed by atoms with E-state index in [1.165, 1.54) is 54.6 Å². The van der Waals surface area contributed by atoms with E-state index in [0.29, 0.717) is 19.1 Å². The third-order valence-corrected chi connectivity index (χ3v) is 6.75. The highest BCUT2D eigenvalue weighted by Gasteiger charge is 2.32. The van der Waals surface area contributed by atoms with Crippen molar-refractivity contribution in [2.45, 2.75) is 43.0 Å². The van der Waals surface area contributed by atoms with E-state index in [-0.39, 0.29) is 17.3 Å². The lowest BCUT2D eigenvalue weighted by molar-refractivity contribution is 0.111. The van der Waals surface area contributed by atoms with Crippen molar-refractivity contribution < 1.29 is 12.8 Å². The lowest BCUT2D eigenvalue weighted by Crippen LogP contribution is -2.52. The molecule has 2 aliphatic rings. The zero-order chi connectivity index (χ0) is 15.6. The molecule has 1 aromatic rings. The second kappa shape index (κ2) is 7.92. The molecule has 0 radical (unpaired) electrons. The zero-order valence-corrected chi connectivity index (χ0v) is 14.8. The Kier molecular flexibility index (Phi) is 6.42. The topological polar surface area (TPSA) is 40.6 Å². The maximum absolute atomic E-state index is 13.8. The van der Waals surface area contributed by atoms with Gasteiger partial charge in [0, 0.05) is 32.2 Å². The predicted octanol–water partition coefficient (Wildman–Crippen LogP) is 2.89. The Balaban J connectivity index is 0.00000192. The van der Waals surface area contributed by atoms with E-state index in [1.54, 1.807) is 6.07 Å². The lowest BCUT2D eigenvalue weighted by atomic mass is 9.94. The summed E-state index contributed by atoms with van der Waals surface area (Å²) in [6, 6.07) is 6.22. The van der Waals surface area contributed by atoms with Crippen LogP contribution >= 0.6 is 12.4 Å². The molecule has 0 N–H and O–H groups in total. The molecule has 0 amide bonds. The largest absolute Gasteiger partial charge is 0.298 e. The number of nitrogens with zero attached hydrogens (tertiary/aromatic N) is 2. The summed E-state index contributed by atoms with van der Waals surface area (Å²) in [4.78, 5) is 2.20. The number of sulfonamides is 1. The predicted molar refractivity (Wildman–Crippen MR) is 90.9 cm³/mol. The molecule has 0 bridgehead atoms. The Hall–Kier alpha value is -0.690.